The Morgan fingerprint density at radius 1 is 0.685 bits per heavy atom. The molecule has 0 amide bonds. The van der Waals surface area contributed by atoms with Gasteiger partial charge in [0.1, 0.15) is 19.8 Å². The average molecular weight is 786 g/mol. The van der Waals surface area contributed by atoms with E-state index in [2.05, 4.69) is 26.0 Å². The van der Waals surface area contributed by atoms with Crippen molar-refractivity contribution in [1.29, 1.82) is 0 Å². The van der Waals surface area contributed by atoms with E-state index in [1.54, 1.807) is 12.2 Å². The highest BCUT2D eigenvalue weighted by molar-refractivity contribution is 7.45. The van der Waals surface area contributed by atoms with E-state index in [1.165, 1.54) is 89.9 Å². The van der Waals surface area contributed by atoms with Crippen LogP contribution in [0.15, 0.2) is 36.5 Å². The van der Waals surface area contributed by atoms with Crippen LogP contribution in [0.25, 0.3) is 0 Å². The molecule has 0 bridgehead atoms. The Hall–Kier alpha value is -1.81. The zero-order chi connectivity index (χ0) is 40.2. The molecule has 0 rings (SSSR count). The van der Waals surface area contributed by atoms with Gasteiger partial charge in [-0.3, -0.25) is 14.2 Å². The first-order valence-corrected chi connectivity index (χ1v) is 22.8. The fourth-order valence-corrected chi connectivity index (χ4v) is 6.33. The van der Waals surface area contributed by atoms with E-state index in [9.17, 15) is 24.2 Å². The van der Waals surface area contributed by atoms with Crippen LogP contribution in [-0.4, -0.2) is 81.2 Å². The molecule has 0 saturated heterocycles. The van der Waals surface area contributed by atoms with Crippen molar-refractivity contribution in [3.05, 3.63) is 36.5 Å². The van der Waals surface area contributed by atoms with Crippen molar-refractivity contribution >= 4 is 19.8 Å². The molecule has 10 nitrogen and oxygen atoms in total. The van der Waals surface area contributed by atoms with Crippen LogP contribution in [0.3, 0.4) is 0 Å². The van der Waals surface area contributed by atoms with Gasteiger partial charge in [-0.1, -0.05) is 153 Å². The number of aliphatic hydroxyl groups excluding tert-OH is 1. The van der Waals surface area contributed by atoms with Crippen molar-refractivity contribution < 1.29 is 47.2 Å². The molecule has 316 valence electrons. The molecule has 3 atom stereocenters. The van der Waals surface area contributed by atoms with Gasteiger partial charge in [-0.05, 0) is 38.5 Å². The fourth-order valence-electron chi connectivity index (χ4n) is 5.60. The highest BCUT2D eigenvalue weighted by Gasteiger charge is 2.22. The quantitative estimate of drug-likeness (QED) is 0.0162. The number of nitrogens with zero attached hydrogens (tertiary/aromatic N) is 1. The largest absolute Gasteiger partial charge is 0.756 e. The first-order valence-electron chi connectivity index (χ1n) is 21.3. The lowest BCUT2D eigenvalue weighted by molar-refractivity contribution is -0.870. The highest BCUT2D eigenvalue weighted by atomic mass is 31.2. The van der Waals surface area contributed by atoms with Crippen molar-refractivity contribution in [2.45, 2.75) is 180 Å². The van der Waals surface area contributed by atoms with E-state index in [0.717, 1.165) is 32.1 Å². The third kappa shape index (κ3) is 38.5. The van der Waals surface area contributed by atoms with Crippen molar-refractivity contribution in [3.8, 4) is 0 Å². The van der Waals surface area contributed by atoms with Crippen LogP contribution < -0.4 is 4.89 Å². The zero-order valence-corrected chi connectivity index (χ0v) is 35.9. The van der Waals surface area contributed by atoms with Crippen molar-refractivity contribution in [1.82, 2.24) is 0 Å². The lowest BCUT2D eigenvalue weighted by Crippen LogP contribution is -2.37. The normalized spacial score (nSPS) is 14.6. The molecule has 0 heterocycles. The second-order valence-electron chi connectivity index (χ2n) is 15.6. The Morgan fingerprint density at radius 2 is 1.24 bits per heavy atom. The Balaban J connectivity index is 4.58. The third-order valence-corrected chi connectivity index (χ3v) is 9.98. The average Bonchev–Trinajstić information content (AvgIpc) is 3.11. The van der Waals surface area contributed by atoms with Crippen LogP contribution in [0.2, 0.25) is 0 Å². The molecule has 11 heteroatoms. The molecular formula is C43H80NO9P. The smallest absolute Gasteiger partial charge is 0.306 e. The number of esters is 2. The molecule has 54 heavy (non-hydrogen) atoms. The van der Waals surface area contributed by atoms with Crippen molar-refractivity contribution in [2.24, 2.45) is 0 Å². The Morgan fingerprint density at radius 3 is 1.83 bits per heavy atom. The lowest BCUT2D eigenvalue weighted by atomic mass is 10.0. The predicted octanol–water partition coefficient (Wildman–Crippen LogP) is 10.1. The van der Waals surface area contributed by atoms with E-state index in [1.807, 2.05) is 33.3 Å². The number of rotatable bonds is 38. The fraction of sp³-hybridized carbons (Fsp3) is 0.814. The summed E-state index contributed by atoms with van der Waals surface area (Å²) in [6.07, 6.45) is 34.9. The predicted molar refractivity (Wildman–Crippen MR) is 219 cm³/mol. The molecule has 2 unspecified atom stereocenters. The standard InChI is InChI=1S/C43H80NO9P/c1-6-8-10-12-14-16-18-20-21-23-25-27-29-32-40(45)33-31-35-43(47)53-41(39-52-54(48,49)51-37-36-44(3,4)5)38-50-42(46)34-30-28-26-24-22-19-17-15-13-11-9-7-2/h20-21,25,27,29,32,40-41,45H,6-19,22-24,26,28,30-31,33-39H2,1-5H3/b21-20+,27-25+,32-29+/t40?,41-/m1/s1. The van der Waals surface area contributed by atoms with Gasteiger partial charge in [-0.15, -0.1) is 0 Å². The summed E-state index contributed by atoms with van der Waals surface area (Å²) >= 11 is 0. The van der Waals surface area contributed by atoms with Gasteiger partial charge in [-0.25, -0.2) is 0 Å². The maximum atomic E-state index is 12.7. The van der Waals surface area contributed by atoms with E-state index >= 15 is 0 Å². The monoisotopic (exact) mass is 786 g/mol. The van der Waals surface area contributed by atoms with Gasteiger partial charge in [-0.2, -0.15) is 0 Å². The molecule has 0 aromatic rings. The summed E-state index contributed by atoms with van der Waals surface area (Å²) in [5, 5.41) is 10.3. The summed E-state index contributed by atoms with van der Waals surface area (Å²) in [6.45, 7) is 3.99. The van der Waals surface area contributed by atoms with Gasteiger partial charge in [0.05, 0.1) is 33.9 Å². The summed E-state index contributed by atoms with van der Waals surface area (Å²) in [7, 11) is 1.05. The van der Waals surface area contributed by atoms with E-state index < -0.39 is 38.6 Å². The van der Waals surface area contributed by atoms with Gasteiger partial charge >= 0.3 is 11.9 Å². The number of phosphoric ester groups is 1. The van der Waals surface area contributed by atoms with Gasteiger partial charge in [0.25, 0.3) is 7.82 Å². The van der Waals surface area contributed by atoms with Crippen molar-refractivity contribution in [3.63, 3.8) is 0 Å². The van der Waals surface area contributed by atoms with Crippen LogP contribution in [0, 0.1) is 0 Å². The minimum atomic E-state index is -4.67. The number of carbonyl (C=O) groups is 2. The summed E-state index contributed by atoms with van der Waals surface area (Å²) in [5.41, 5.74) is 0. The van der Waals surface area contributed by atoms with Crippen LogP contribution in [-0.2, 0) is 32.7 Å². The molecule has 0 spiro atoms. The van der Waals surface area contributed by atoms with E-state index in [4.69, 9.17) is 18.5 Å². The molecule has 0 saturated carbocycles. The first kappa shape index (κ1) is 52.2. The van der Waals surface area contributed by atoms with Crippen LogP contribution >= 0.6 is 7.82 Å². The maximum Gasteiger partial charge on any atom is 0.306 e. The molecular weight excluding hydrogens is 705 g/mol. The second-order valence-corrected chi connectivity index (χ2v) is 17.0. The van der Waals surface area contributed by atoms with E-state index in [-0.39, 0.29) is 26.1 Å². The molecule has 0 aromatic heterocycles. The number of aliphatic hydroxyl groups is 1. The summed E-state index contributed by atoms with van der Waals surface area (Å²) < 4.78 is 33.7. The van der Waals surface area contributed by atoms with Crippen LogP contribution in [0.1, 0.15) is 168 Å². The van der Waals surface area contributed by atoms with Gasteiger partial charge in [0.2, 0.25) is 0 Å². The maximum absolute atomic E-state index is 12.7. The number of carbonyl (C=O) groups excluding carboxylic acids is 2. The molecule has 0 radical (unpaired) electrons. The molecule has 0 aromatic carbocycles. The SMILES string of the molecule is CCCCCCCC/C=C/C/C=C/C=C/C(O)CCCC(=O)O[C@H](COC(=O)CCCCCCCCCCCCCC)COP(=O)([O-])OCC[N+](C)(C)C. The molecule has 0 aliphatic heterocycles. The highest BCUT2D eigenvalue weighted by Crippen LogP contribution is 2.38. The number of likely N-dealkylation sites (N-methyl/N-ethyl adjacent to an activating group) is 1. The number of hydrogen-bond acceptors (Lipinski definition) is 9. The van der Waals surface area contributed by atoms with Crippen LogP contribution in [0.5, 0.6) is 0 Å². The molecule has 0 fully saturated rings. The van der Waals surface area contributed by atoms with Crippen LogP contribution in [0.4, 0.5) is 0 Å². The number of unbranched alkanes of at least 4 members (excludes halogenated alkanes) is 17. The Labute approximate surface area is 330 Å². The number of allylic oxidation sites excluding steroid dienone is 5. The lowest BCUT2D eigenvalue weighted by Gasteiger charge is -2.28. The number of quaternary nitrogens is 1. The topological polar surface area (TPSA) is 131 Å². The summed E-state index contributed by atoms with van der Waals surface area (Å²) in [5.74, 6) is -1.03. The van der Waals surface area contributed by atoms with Gasteiger partial charge in [0.15, 0.2) is 6.10 Å². The second kappa shape index (κ2) is 35.6. The summed E-state index contributed by atoms with van der Waals surface area (Å²) in [4.78, 5) is 37.5. The molecule has 0 aliphatic carbocycles. The summed E-state index contributed by atoms with van der Waals surface area (Å²) in [6, 6.07) is 0. The third-order valence-electron chi connectivity index (χ3n) is 9.02. The first-order chi connectivity index (χ1) is 25.9. The number of phosphoric acid groups is 1. The zero-order valence-electron chi connectivity index (χ0n) is 35.0. The Bertz CT molecular complexity index is 1040. The van der Waals surface area contributed by atoms with Crippen molar-refractivity contribution in [2.75, 3.05) is 47.5 Å². The number of hydrogen-bond donors (Lipinski definition) is 1. The van der Waals surface area contributed by atoms with Gasteiger partial charge in [0, 0.05) is 12.8 Å². The van der Waals surface area contributed by atoms with Gasteiger partial charge < -0.3 is 33.0 Å². The molecule has 0 aliphatic rings. The molecule has 1 N–H and O–H groups in total. The van der Waals surface area contributed by atoms with E-state index in [0.29, 0.717) is 30.3 Å². The number of ether oxygens (including phenoxy) is 2. The Kier molecular flexibility index (Phi) is 34.4. The minimum absolute atomic E-state index is 0.00246. The minimum Gasteiger partial charge on any atom is -0.756 e.